The van der Waals surface area contributed by atoms with E-state index in [1.165, 1.54) is 32.0 Å². The lowest BCUT2D eigenvalue weighted by atomic mass is 10.2. The molecule has 0 heterocycles. The maximum Gasteiger partial charge on any atom is 0.324 e. The molecule has 0 radical (unpaired) electrons. The Balaban J connectivity index is 1.98. The van der Waals surface area contributed by atoms with Crippen molar-refractivity contribution in [3.63, 3.8) is 0 Å². The highest BCUT2D eigenvalue weighted by molar-refractivity contribution is 7.89. The van der Waals surface area contributed by atoms with Gasteiger partial charge in [0.25, 0.3) is 5.91 Å². The van der Waals surface area contributed by atoms with Crippen LogP contribution in [0.4, 0.5) is 5.69 Å². The number of para-hydroxylation sites is 1. The maximum absolute atomic E-state index is 12.4. The van der Waals surface area contributed by atoms with Crippen LogP contribution in [-0.4, -0.2) is 32.4 Å². The number of amides is 1. The molecule has 0 saturated carbocycles. The monoisotopic (exact) mass is 415 g/mol. The molecule has 0 aromatic heterocycles. The van der Waals surface area contributed by atoms with Gasteiger partial charge in [-0.05, 0) is 45.0 Å². The number of anilines is 1. The summed E-state index contributed by atoms with van der Waals surface area (Å²) in [5.41, 5.74) is 1.45. The van der Waals surface area contributed by atoms with E-state index in [1.807, 2.05) is 13.0 Å². The molecule has 0 aliphatic carbocycles. The number of esters is 1. The standard InChI is InChI=1S/C20H21N3O5S/c1-13-8-10-17(11-9-13)29(26,27)23-14(2)20(25)28-15(3)19(24)22-18-7-5-4-6-16(18)12-21/h4-11,14-15,23H,1-3H3,(H,22,24)/t14-,15-/m0/s1. The number of benzene rings is 2. The van der Waals surface area contributed by atoms with Crippen LogP contribution >= 0.6 is 0 Å². The number of aryl methyl sites for hydroxylation is 1. The maximum atomic E-state index is 12.4. The number of hydrogen-bond acceptors (Lipinski definition) is 6. The summed E-state index contributed by atoms with van der Waals surface area (Å²) in [5.74, 6) is -1.55. The number of ether oxygens (including phenoxy) is 1. The lowest BCUT2D eigenvalue weighted by Crippen LogP contribution is -2.42. The number of nitrogens with zero attached hydrogens (tertiary/aromatic N) is 1. The van der Waals surface area contributed by atoms with Crippen LogP contribution in [0, 0.1) is 18.3 Å². The van der Waals surface area contributed by atoms with E-state index in [2.05, 4.69) is 10.0 Å². The first kappa shape index (κ1) is 22.1. The summed E-state index contributed by atoms with van der Waals surface area (Å²) in [5, 5.41) is 11.6. The first-order valence-electron chi connectivity index (χ1n) is 8.73. The van der Waals surface area contributed by atoms with Crippen molar-refractivity contribution in [1.29, 1.82) is 5.26 Å². The number of nitriles is 1. The zero-order valence-electron chi connectivity index (χ0n) is 16.2. The van der Waals surface area contributed by atoms with Gasteiger partial charge >= 0.3 is 5.97 Å². The van der Waals surface area contributed by atoms with Crippen LogP contribution < -0.4 is 10.0 Å². The quantitative estimate of drug-likeness (QED) is 0.667. The third-order valence-electron chi connectivity index (χ3n) is 3.98. The molecule has 1 amide bonds. The summed E-state index contributed by atoms with van der Waals surface area (Å²) in [6.45, 7) is 4.50. The van der Waals surface area contributed by atoms with Crippen molar-refractivity contribution in [1.82, 2.24) is 4.72 Å². The van der Waals surface area contributed by atoms with E-state index >= 15 is 0 Å². The van der Waals surface area contributed by atoms with Crippen molar-refractivity contribution < 1.29 is 22.7 Å². The topological polar surface area (TPSA) is 125 Å². The van der Waals surface area contributed by atoms with Crippen LogP contribution in [0.1, 0.15) is 25.0 Å². The molecule has 0 aliphatic rings. The molecule has 0 spiro atoms. The molecule has 152 valence electrons. The average molecular weight is 415 g/mol. The molecule has 0 saturated heterocycles. The highest BCUT2D eigenvalue weighted by Gasteiger charge is 2.26. The van der Waals surface area contributed by atoms with Crippen molar-refractivity contribution >= 4 is 27.6 Å². The van der Waals surface area contributed by atoms with Gasteiger partial charge in [0, 0.05) is 0 Å². The van der Waals surface area contributed by atoms with Gasteiger partial charge in [0.05, 0.1) is 16.1 Å². The number of carbonyl (C=O) groups is 2. The Hall–Kier alpha value is -3.22. The summed E-state index contributed by atoms with van der Waals surface area (Å²) >= 11 is 0. The van der Waals surface area contributed by atoms with Gasteiger partial charge in [-0.2, -0.15) is 9.98 Å². The van der Waals surface area contributed by atoms with Crippen LogP contribution in [0.25, 0.3) is 0 Å². The average Bonchev–Trinajstić information content (AvgIpc) is 2.68. The molecule has 2 atom stereocenters. The summed E-state index contributed by atoms with van der Waals surface area (Å²) in [4.78, 5) is 24.5. The van der Waals surface area contributed by atoms with Gasteiger partial charge < -0.3 is 10.1 Å². The highest BCUT2D eigenvalue weighted by Crippen LogP contribution is 2.15. The van der Waals surface area contributed by atoms with Crippen molar-refractivity contribution in [3.8, 4) is 6.07 Å². The van der Waals surface area contributed by atoms with Crippen LogP contribution in [0.2, 0.25) is 0 Å². The first-order chi connectivity index (χ1) is 13.6. The van der Waals surface area contributed by atoms with E-state index in [1.54, 1.807) is 30.3 Å². The Morgan fingerprint density at radius 2 is 1.69 bits per heavy atom. The van der Waals surface area contributed by atoms with Crippen LogP contribution in [0.15, 0.2) is 53.4 Å². The van der Waals surface area contributed by atoms with Crippen molar-refractivity contribution in [2.45, 2.75) is 37.8 Å². The third-order valence-corrected chi connectivity index (χ3v) is 5.54. The number of sulfonamides is 1. The molecule has 2 rings (SSSR count). The van der Waals surface area contributed by atoms with E-state index < -0.39 is 34.0 Å². The smallest absolute Gasteiger partial charge is 0.324 e. The zero-order valence-corrected chi connectivity index (χ0v) is 17.0. The highest BCUT2D eigenvalue weighted by atomic mass is 32.2. The number of rotatable bonds is 7. The molecule has 2 aromatic carbocycles. The van der Waals surface area contributed by atoms with Gasteiger partial charge in [-0.25, -0.2) is 8.42 Å². The Bertz CT molecular complexity index is 1040. The molecule has 0 fully saturated rings. The molecule has 0 bridgehead atoms. The fourth-order valence-corrected chi connectivity index (χ4v) is 3.51. The zero-order chi connectivity index (χ0) is 21.6. The third kappa shape index (κ3) is 5.88. The molecular weight excluding hydrogens is 394 g/mol. The van der Waals surface area contributed by atoms with Crippen LogP contribution in [-0.2, 0) is 24.3 Å². The summed E-state index contributed by atoms with van der Waals surface area (Å²) in [7, 11) is -3.92. The van der Waals surface area contributed by atoms with E-state index in [0.717, 1.165) is 5.56 Å². The second kappa shape index (κ2) is 9.32. The van der Waals surface area contributed by atoms with Crippen molar-refractivity contribution in [3.05, 3.63) is 59.7 Å². The molecule has 9 heteroatoms. The number of nitrogens with one attached hydrogen (secondary N) is 2. The van der Waals surface area contributed by atoms with Crippen LogP contribution in [0.5, 0.6) is 0 Å². The number of hydrogen-bond donors (Lipinski definition) is 2. The normalized spacial score (nSPS) is 13.0. The van der Waals surface area contributed by atoms with Gasteiger partial charge in [0.2, 0.25) is 10.0 Å². The molecule has 2 aromatic rings. The minimum Gasteiger partial charge on any atom is -0.451 e. The van der Waals surface area contributed by atoms with E-state index in [0.29, 0.717) is 0 Å². The Morgan fingerprint density at radius 1 is 1.07 bits per heavy atom. The lowest BCUT2D eigenvalue weighted by Gasteiger charge is -2.18. The van der Waals surface area contributed by atoms with Crippen molar-refractivity contribution in [2.75, 3.05) is 5.32 Å². The minimum atomic E-state index is -3.92. The molecule has 29 heavy (non-hydrogen) atoms. The fourth-order valence-electron chi connectivity index (χ4n) is 2.32. The Labute approximate surface area is 169 Å². The van der Waals surface area contributed by atoms with Gasteiger partial charge in [-0.3, -0.25) is 9.59 Å². The summed E-state index contributed by atoms with van der Waals surface area (Å²) in [6, 6.07) is 13.3. The van der Waals surface area contributed by atoms with Gasteiger partial charge in [0.15, 0.2) is 6.10 Å². The SMILES string of the molecule is Cc1ccc(S(=O)(=O)N[C@@H](C)C(=O)O[C@@H](C)C(=O)Nc2ccccc2C#N)cc1. The second-order valence-corrected chi connectivity index (χ2v) is 8.10. The number of carbonyl (C=O) groups excluding carboxylic acids is 2. The summed E-state index contributed by atoms with van der Waals surface area (Å²) < 4.78 is 32.0. The van der Waals surface area contributed by atoms with E-state index in [-0.39, 0.29) is 16.1 Å². The van der Waals surface area contributed by atoms with Gasteiger partial charge in [-0.15, -0.1) is 0 Å². The summed E-state index contributed by atoms with van der Waals surface area (Å²) in [6.07, 6.45) is -1.19. The Kier molecular flexibility index (Phi) is 7.09. The minimum absolute atomic E-state index is 0.0154. The fraction of sp³-hybridized carbons (Fsp3) is 0.250. The Morgan fingerprint density at radius 3 is 2.31 bits per heavy atom. The lowest BCUT2D eigenvalue weighted by molar-refractivity contribution is -0.154. The van der Waals surface area contributed by atoms with E-state index in [4.69, 9.17) is 10.00 Å². The molecule has 0 aliphatic heterocycles. The van der Waals surface area contributed by atoms with E-state index in [9.17, 15) is 18.0 Å². The first-order valence-corrected chi connectivity index (χ1v) is 10.2. The van der Waals surface area contributed by atoms with Crippen LogP contribution in [0.3, 0.4) is 0 Å². The van der Waals surface area contributed by atoms with Crippen molar-refractivity contribution in [2.24, 2.45) is 0 Å². The van der Waals surface area contributed by atoms with Gasteiger partial charge in [0.1, 0.15) is 12.1 Å². The van der Waals surface area contributed by atoms with Gasteiger partial charge in [-0.1, -0.05) is 29.8 Å². The molecule has 2 N–H and O–H groups in total. The predicted molar refractivity (Wildman–Crippen MR) is 106 cm³/mol. The molecule has 8 nitrogen and oxygen atoms in total. The second-order valence-electron chi connectivity index (χ2n) is 6.38. The predicted octanol–water partition coefficient (Wildman–Crippen LogP) is 2.10. The molecule has 0 unspecified atom stereocenters. The molecular formula is C20H21N3O5S. The largest absolute Gasteiger partial charge is 0.451 e.